The molecule has 0 saturated heterocycles. The van der Waals surface area contributed by atoms with Crippen LogP contribution in [0.3, 0.4) is 0 Å². The van der Waals surface area contributed by atoms with Crippen molar-refractivity contribution in [2.75, 3.05) is 5.32 Å². The first kappa shape index (κ1) is 10.9. The van der Waals surface area contributed by atoms with Crippen LogP contribution in [0.25, 0.3) is 0 Å². The largest absolute Gasteiger partial charge is 0.351 e. The van der Waals surface area contributed by atoms with E-state index in [1.54, 1.807) is 12.4 Å². The summed E-state index contributed by atoms with van der Waals surface area (Å²) in [4.78, 5) is 8.44. The van der Waals surface area contributed by atoms with Crippen molar-refractivity contribution in [1.82, 2.24) is 9.97 Å². The minimum Gasteiger partial charge on any atom is -0.351 e. The molecule has 1 heterocycles. The monoisotopic (exact) mass is 269 g/mol. The number of hydrogen-bond donors (Lipinski definition) is 1. The van der Waals surface area contributed by atoms with E-state index in [2.05, 4.69) is 38.1 Å². The van der Waals surface area contributed by atoms with Crippen molar-refractivity contribution in [3.8, 4) is 0 Å². The lowest BCUT2D eigenvalue weighted by atomic mass is 9.87. The minimum absolute atomic E-state index is 0.558. The number of anilines is 1. The van der Waals surface area contributed by atoms with Crippen LogP contribution in [0.4, 0.5) is 5.95 Å². The van der Waals surface area contributed by atoms with Gasteiger partial charge in [-0.15, -0.1) is 0 Å². The molecule has 0 spiro atoms. The number of rotatable bonds is 2. The Morgan fingerprint density at radius 1 is 1.20 bits per heavy atom. The van der Waals surface area contributed by atoms with Crippen molar-refractivity contribution >= 4 is 21.9 Å². The van der Waals surface area contributed by atoms with Gasteiger partial charge >= 0.3 is 0 Å². The predicted molar refractivity (Wildman–Crippen MR) is 64.8 cm³/mol. The van der Waals surface area contributed by atoms with Crippen LogP contribution < -0.4 is 5.32 Å². The molecule has 1 aliphatic rings. The van der Waals surface area contributed by atoms with Gasteiger partial charge in [0, 0.05) is 18.4 Å². The van der Waals surface area contributed by atoms with E-state index in [9.17, 15) is 0 Å². The van der Waals surface area contributed by atoms with E-state index < -0.39 is 0 Å². The molecule has 0 unspecified atom stereocenters. The molecular weight excluding hydrogens is 254 g/mol. The fourth-order valence-electron chi connectivity index (χ4n) is 1.97. The lowest BCUT2D eigenvalue weighted by Crippen LogP contribution is -2.26. The third-order valence-corrected chi connectivity index (χ3v) is 3.38. The Hall–Kier alpha value is -0.640. The van der Waals surface area contributed by atoms with Crippen LogP contribution >= 0.6 is 15.9 Å². The molecule has 1 aliphatic carbocycles. The first-order chi connectivity index (χ1) is 7.24. The Bertz CT molecular complexity index is 304. The maximum Gasteiger partial charge on any atom is 0.222 e. The number of nitrogens with one attached hydrogen (secondary N) is 1. The molecule has 1 aromatic rings. The van der Waals surface area contributed by atoms with Crippen LogP contribution in [-0.4, -0.2) is 16.0 Å². The average Bonchev–Trinajstić information content (AvgIpc) is 2.25. The highest BCUT2D eigenvalue weighted by Crippen LogP contribution is 2.25. The summed E-state index contributed by atoms with van der Waals surface area (Å²) in [7, 11) is 0. The summed E-state index contributed by atoms with van der Waals surface area (Å²) in [6.07, 6.45) is 8.66. The van der Waals surface area contributed by atoms with Gasteiger partial charge in [0.1, 0.15) is 0 Å². The summed E-state index contributed by atoms with van der Waals surface area (Å²) in [5, 5.41) is 3.39. The zero-order valence-electron chi connectivity index (χ0n) is 8.91. The molecule has 4 heteroatoms. The molecule has 2 rings (SSSR count). The topological polar surface area (TPSA) is 37.8 Å². The first-order valence-electron chi connectivity index (χ1n) is 5.48. The molecule has 0 aromatic carbocycles. The molecule has 3 nitrogen and oxygen atoms in total. The summed E-state index contributed by atoms with van der Waals surface area (Å²) >= 11 is 3.33. The lowest BCUT2D eigenvalue weighted by molar-refractivity contribution is 0.360. The predicted octanol–water partition coefficient (Wildman–Crippen LogP) is 3.23. The molecule has 0 bridgehead atoms. The van der Waals surface area contributed by atoms with Crippen molar-refractivity contribution in [3.05, 3.63) is 16.9 Å². The van der Waals surface area contributed by atoms with Gasteiger partial charge < -0.3 is 5.32 Å². The fraction of sp³-hybridized carbons (Fsp3) is 0.636. The van der Waals surface area contributed by atoms with Gasteiger partial charge in [-0.25, -0.2) is 9.97 Å². The third-order valence-electron chi connectivity index (χ3n) is 2.97. The van der Waals surface area contributed by atoms with Crippen LogP contribution in [0.5, 0.6) is 0 Å². The summed E-state index contributed by atoms with van der Waals surface area (Å²) < 4.78 is 0.922. The molecule has 0 aliphatic heterocycles. The quantitative estimate of drug-likeness (QED) is 0.896. The van der Waals surface area contributed by atoms with Gasteiger partial charge in [-0.05, 0) is 47.5 Å². The van der Waals surface area contributed by atoms with Crippen LogP contribution in [0.1, 0.15) is 32.6 Å². The number of nitrogens with zero attached hydrogens (tertiary/aromatic N) is 2. The molecule has 1 N–H and O–H groups in total. The summed E-state index contributed by atoms with van der Waals surface area (Å²) in [6, 6.07) is 0.558. The van der Waals surface area contributed by atoms with Crippen LogP contribution in [0.15, 0.2) is 16.9 Å². The van der Waals surface area contributed by atoms with Gasteiger partial charge in [0.25, 0.3) is 0 Å². The van der Waals surface area contributed by atoms with Crippen molar-refractivity contribution in [3.63, 3.8) is 0 Å². The van der Waals surface area contributed by atoms with Gasteiger partial charge in [0.2, 0.25) is 5.95 Å². The van der Waals surface area contributed by atoms with E-state index >= 15 is 0 Å². The summed E-state index contributed by atoms with van der Waals surface area (Å²) in [6.45, 7) is 2.33. The Morgan fingerprint density at radius 2 is 1.80 bits per heavy atom. The van der Waals surface area contributed by atoms with E-state index in [4.69, 9.17) is 0 Å². The zero-order chi connectivity index (χ0) is 10.7. The van der Waals surface area contributed by atoms with Crippen LogP contribution in [-0.2, 0) is 0 Å². The standard InChI is InChI=1S/C11H16BrN3/c1-8-2-4-10(5-3-8)15-11-13-6-9(12)7-14-11/h6-8,10H,2-5H2,1H3,(H,13,14,15). The number of hydrogen-bond acceptors (Lipinski definition) is 3. The molecule has 82 valence electrons. The van der Waals surface area contributed by atoms with Gasteiger partial charge in [-0.1, -0.05) is 6.92 Å². The van der Waals surface area contributed by atoms with Gasteiger partial charge in [0.05, 0.1) is 4.47 Å². The Kier molecular flexibility index (Phi) is 3.57. The summed E-state index contributed by atoms with van der Waals surface area (Å²) in [5.41, 5.74) is 0. The smallest absolute Gasteiger partial charge is 0.222 e. The second-order valence-corrected chi connectivity index (χ2v) is 5.24. The summed E-state index contributed by atoms with van der Waals surface area (Å²) in [5.74, 6) is 1.63. The second kappa shape index (κ2) is 4.92. The van der Waals surface area contributed by atoms with Crippen molar-refractivity contribution in [2.24, 2.45) is 5.92 Å². The molecule has 1 fully saturated rings. The van der Waals surface area contributed by atoms with Gasteiger partial charge in [-0.2, -0.15) is 0 Å². The van der Waals surface area contributed by atoms with E-state index in [0.29, 0.717) is 6.04 Å². The molecule has 0 amide bonds. The third kappa shape index (κ3) is 3.16. The van der Waals surface area contributed by atoms with Gasteiger partial charge in [-0.3, -0.25) is 0 Å². The molecule has 1 aromatic heterocycles. The second-order valence-electron chi connectivity index (χ2n) is 4.33. The highest BCUT2D eigenvalue weighted by Gasteiger charge is 2.18. The maximum absolute atomic E-state index is 4.22. The molecule has 1 saturated carbocycles. The van der Waals surface area contributed by atoms with Crippen LogP contribution in [0.2, 0.25) is 0 Å². The maximum atomic E-state index is 4.22. The van der Waals surface area contributed by atoms with Crippen molar-refractivity contribution < 1.29 is 0 Å². The first-order valence-corrected chi connectivity index (χ1v) is 6.27. The molecular formula is C11H16BrN3. The lowest BCUT2D eigenvalue weighted by Gasteiger charge is -2.26. The highest BCUT2D eigenvalue weighted by atomic mass is 79.9. The fourth-order valence-corrected chi connectivity index (χ4v) is 2.18. The van der Waals surface area contributed by atoms with E-state index in [1.165, 1.54) is 25.7 Å². The van der Waals surface area contributed by atoms with E-state index in [-0.39, 0.29) is 0 Å². The number of aromatic nitrogens is 2. The minimum atomic E-state index is 0.558. The van der Waals surface area contributed by atoms with Crippen molar-refractivity contribution in [2.45, 2.75) is 38.6 Å². The van der Waals surface area contributed by atoms with Crippen molar-refractivity contribution in [1.29, 1.82) is 0 Å². The average molecular weight is 270 g/mol. The molecule has 15 heavy (non-hydrogen) atoms. The molecule has 0 radical (unpaired) electrons. The highest BCUT2D eigenvalue weighted by molar-refractivity contribution is 9.10. The Morgan fingerprint density at radius 3 is 2.40 bits per heavy atom. The number of halogens is 1. The van der Waals surface area contributed by atoms with Gasteiger partial charge in [0.15, 0.2) is 0 Å². The molecule has 0 atom stereocenters. The van der Waals surface area contributed by atoms with E-state index in [1.807, 2.05) is 0 Å². The Balaban J connectivity index is 1.89. The SMILES string of the molecule is CC1CCC(Nc2ncc(Br)cn2)CC1. The Labute approximate surface area is 98.8 Å². The van der Waals surface area contributed by atoms with Crippen LogP contribution in [0, 0.1) is 5.92 Å². The normalized spacial score (nSPS) is 26.3. The zero-order valence-corrected chi connectivity index (χ0v) is 10.5. The van der Waals surface area contributed by atoms with E-state index in [0.717, 1.165) is 16.3 Å².